The molecule has 0 aliphatic carbocycles. The number of ether oxygens (including phenoxy) is 1. The van der Waals surface area contributed by atoms with Crippen molar-refractivity contribution in [3.05, 3.63) is 72.0 Å². The smallest absolute Gasteiger partial charge is 0.406 e. The summed E-state index contributed by atoms with van der Waals surface area (Å²) in [5.74, 6) is -1.39. The number of aliphatic hydroxyl groups excluding tert-OH is 1. The van der Waals surface area contributed by atoms with E-state index >= 15 is 0 Å². The Morgan fingerprint density at radius 3 is 2.43 bits per heavy atom. The highest BCUT2D eigenvalue weighted by Crippen LogP contribution is 2.44. The molecule has 2 unspecified atom stereocenters. The summed E-state index contributed by atoms with van der Waals surface area (Å²) in [5, 5.41) is 10.6. The predicted molar refractivity (Wildman–Crippen MR) is 127 cm³/mol. The van der Waals surface area contributed by atoms with Gasteiger partial charge in [0.1, 0.15) is 21.5 Å². The number of sulfonamides is 1. The summed E-state index contributed by atoms with van der Waals surface area (Å²) in [5.41, 5.74) is 1.17. The van der Waals surface area contributed by atoms with Gasteiger partial charge in [-0.1, -0.05) is 23.8 Å². The Hall–Kier alpha value is -3.20. The summed E-state index contributed by atoms with van der Waals surface area (Å²) in [6.45, 7) is 0.604. The summed E-state index contributed by atoms with van der Waals surface area (Å²) >= 11 is 0. The molecule has 0 radical (unpaired) electrons. The van der Waals surface area contributed by atoms with E-state index in [4.69, 9.17) is 4.78 Å². The normalized spacial score (nSPS) is 16.9. The van der Waals surface area contributed by atoms with Gasteiger partial charge in [-0.25, -0.2) is 26.5 Å². The zero-order chi connectivity index (χ0) is 27.2. The number of rotatable bonds is 7. The van der Waals surface area contributed by atoms with Crippen LogP contribution in [0.3, 0.4) is 0 Å². The van der Waals surface area contributed by atoms with E-state index in [1.165, 1.54) is 12.1 Å². The van der Waals surface area contributed by atoms with E-state index in [1.54, 1.807) is 25.1 Å². The highest BCUT2D eigenvalue weighted by atomic mass is 32.2. The molecule has 0 amide bonds. The molecule has 2 atom stereocenters. The third-order valence-corrected chi connectivity index (χ3v) is 8.85. The Kier molecular flexibility index (Phi) is 6.96. The number of hydrogen-bond acceptors (Lipinski definition) is 6. The molecule has 3 aromatic carbocycles. The van der Waals surface area contributed by atoms with Crippen LogP contribution in [0.25, 0.3) is 11.1 Å². The van der Waals surface area contributed by atoms with Crippen LogP contribution in [-0.4, -0.2) is 43.3 Å². The molecule has 198 valence electrons. The first-order valence-electron chi connectivity index (χ1n) is 10.7. The van der Waals surface area contributed by atoms with Gasteiger partial charge < -0.3 is 9.84 Å². The maximum atomic E-state index is 14.9. The summed E-state index contributed by atoms with van der Waals surface area (Å²) in [6, 6.07) is 12.5. The Bertz CT molecular complexity index is 1540. The summed E-state index contributed by atoms with van der Waals surface area (Å²) in [4.78, 5) is -0.262. The van der Waals surface area contributed by atoms with Gasteiger partial charge in [0, 0.05) is 17.7 Å². The lowest BCUT2D eigenvalue weighted by molar-refractivity contribution is -0.274. The molecule has 14 heteroatoms. The molecule has 3 N–H and O–H groups in total. The minimum atomic E-state index is -4.92. The van der Waals surface area contributed by atoms with Crippen molar-refractivity contribution in [2.75, 3.05) is 17.4 Å². The van der Waals surface area contributed by atoms with Crippen LogP contribution in [0.1, 0.15) is 5.56 Å². The fourth-order valence-electron chi connectivity index (χ4n) is 3.88. The first kappa shape index (κ1) is 26.9. The number of aliphatic hydroxyl groups is 1. The third-order valence-electron chi connectivity index (χ3n) is 5.52. The lowest BCUT2D eigenvalue weighted by Crippen LogP contribution is -2.44. The van der Waals surface area contributed by atoms with E-state index in [0.717, 1.165) is 40.2 Å². The third kappa shape index (κ3) is 5.56. The van der Waals surface area contributed by atoms with Gasteiger partial charge in [-0.15, -0.1) is 13.2 Å². The van der Waals surface area contributed by atoms with Crippen molar-refractivity contribution >= 4 is 25.6 Å². The average Bonchev–Trinajstić information content (AvgIpc) is 2.80. The molecule has 3 aromatic rings. The van der Waals surface area contributed by atoms with E-state index in [2.05, 4.69) is 9.46 Å². The van der Waals surface area contributed by atoms with Crippen LogP contribution in [0.5, 0.6) is 5.75 Å². The molecule has 1 aliphatic rings. The van der Waals surface area contributed by atoms with Crippen molar-refractivity contribution < 1.29 is 40.0 Å². The first-order valence-corrected chi connectivity index (χ1v) is 13.7. The molecule has 0 saturated carbocycles. The molecule has 8 nitrogen and oxygen atoms in total. The number of hydrogen-bond donors (Lipinski definition) is 3. The molecular weight excluding hydrogens is 538 g/mol. The molecular formula is C23H21F4N3O5S2. The predicted octanol–water partition coefficient (Wildman–Crippen LogP) is 4.18. The van der Waals surface area contributed by atoms with Gasteiger partial charge in [-0.3, -0.25) is 4.31 Å². The Balaban J connectivity index is 1.54. The number of halogens is 4. The maximum Gasteiger partial charge on any atom is 0.573 e. The fourth-order valence-corrected chi connectivity index (χ4v) is 6.71. The van der Waals surface area contributed by atoms with Crippen LogP contribution in [0, 0.1) is 17.5 Å². The lowest BCUT2D eigenvalue weighted by Gasteiger charge is -2.33. The summed E-state index contributed by atoms with van der Waals surface area (Å²) in [6.07, 6.45) is -6.45. The molecule has 1 aliphatic heterocycles. The number of β-amino-alcohol motifs (C(OH)–C–C–N with tert-alkyl or cyclic N) is 1. The van der Waals surface area contributed by atoms with Crippen LogP contribution in [-0.2, 0) is 19.9 Å². The number of para-hydroxylation sites is 1. The van der Waals surface area contributed by atoms with Gasteiger partial charge in [-0.2, -0.15) is 0 Å². The van der Waals surface area contributed by atoms with Crippen molar-refractivity contribution in [2.24, 2.45) is 0 Å². The number of aryl methyl sites for hydroxylation is 1. The lowest BCUT2D eigenvalue weighted by atomic mass is 10.0. The zero-order valence-corrected chi connectivity index (χ0v) is 20.8. The largest absolute Gasteiger partial charge is 0.573 e. The molecule has 0 bridgehead atoms. The van der Waals surface area contributed by atoms with E-state index in [9.17, 15) is 35.3 Å². The Morgan fingerprint density at radius 2 is 1.78 bits per heavy atom. The van der Waals surface area contributed by atoms with E-state index in [1.807, 2.05) is 0 Å². The van der Waals surface area contributed by atoms with Crippen LogP contribution in [0.2, 0.25) is 0 Å². The van der Waals surface area contributed by atoms with Gasteiger partial charge in [0.2, 0.25) is 0 Å². The molecule has 37 heavy (non-hydrogen) atoms. The second kappa shape index (κ2) is 9.59. The molecule has 0 saturated heterocycles. The topological polar surface area (TPSA) is 120 Å². The average molecular weight is 560 g/mol. The van der Waals surface area contributed by atoms with Crippen LogP contribution in [0.4, 0.5) is 23.2 Å². The standard InChI is InChI=1S/C23H21F4N3O5S2/c1-14-5-10-21-19(11-14)18-3-2-4-20(24)22(18)30(37(21,33)34)13-15(31)12-29-36(28,32)17-8-6-16(7-9-17)35-23(25,26)27/h2-11,15,31H,12-13H2,1H3,(H2,28,29,32). The van der Waals surface area contributed by atoms with Crippen molar-refractivity contribution in [1.82, 2.24) is 4.72 Å². The van der Waals surface area contributed by atoms with E-state index < -0.39 is 57.1 Å². The van der Waals surface area contributed by atoms with Crippen molar-refractivity contribution in [1.29, 1.82) is 4.78 Å². The highest BCUT2D eigenvalue weighted by molar-refractivity contribution is 7.93. The van der Waals surface area contributed by atoms with Crippen LogP contribution in [0.15, 0.2) is 70.5 Å². The second-order valence-corrected chi connectivity index (χ2v) is 12.0. The van der Waals surface area contributed by atoms with Gasteiger partial charge in [0.15, 0.2) is 0 Å². The summed E-state index contributed by atoms with van der Waals surface area (Å²) < 4.78 is 106. The minimum absolute atomic E-state index is 0.0678. The molecule has 0 fully saturated rings. The van der Waals surface area contributed by atoms with Gasteiger partial charge in [-0.05, 0) is 49.4 Å². The van der Waals surface area contributed by atoms with Crippen LogP contribution >= 0.6 is 0 Å². The Labute approximate surface area is 210 Å². The van der Waals surface area contributed by atoms with E-state index in [-0.39, 0.29) is 15.5 Å². The van der Waals surface area contributed by atoms with Crippen molar-refractivity contribution in [3.8, 4) is 16.9 Å². The van der Waals surface area contributed by atoms with Crippen molar-refractivity contribution in [2.45, 2.75) is 29.2 Å². The number of alkyl halides is 3. The quantitative estimate of drug-likeness (QED) is 0.375. The molecule has 0 aromatic heterocycles. The number of benzene rings is 3. The molecule has 4 rings (SSSR count). The number of nitrogens with zero attached hydrogens (tertiary/aromatic N) is 1. The minimum Gasteiger partial charge on any atom is -0.406 e. The second-order valence-electron chi connectivity index (χ2n) is 8.25. The monoisotopic (exact) mass is 559 g/mol. The maximum absolute atomic E-state index is 14.9. The van der Waals surface area contributed by atoms with Gasteiger partial charge in [0.25, 0.3) is 10.0 Å². The van der Waals surface area contributed by atoms with Gasteiger partial charge >= 0.3 is 6.36 Å². The Morgan fingerprint density at radius 1 is 1.11 bits per heavy atom. The summed E-state index contributed by atoms with van der Waals surface area (Å²) in [7, 11) is -8.07. The van der Waals surface area contributed by atoms with Crippen molar-refractivity contribution in [3.63, 3.8) is 0 Å². The van der Waals surface area contributed by atoms with Crippen LogP contribution < -0.4 is 13.8 Å². The number of nitrogens with one attached hydrogen (secondary N) is 2. The zero-order valence-electron chi connectivity index (χ0n) is 19.1. The SMILES string of the molecule is Cc1ccc2c(c1)-c1cccc(F)c1N(CC(O)CNS(=N)(=O)c1ccc(OC(F)(F)F)cc1)S2(=O)=O. The highest BCUT2D eigenvalue weighted by Gasteiger charge is 2.38. The first-order chi connectivity index (χ1) is 17.2. The fraction of sp³-hybridized carbons (Fsp3) is 0.217. The number of fused-ring (bicyclic) bond motifs is 3. The molecule has 1 heterocycles. The number of anilines is 1. The molecule has 0 spiro atoms. The van der Waals surface area contributed by atoms with E-state index in [0.29, 0.717) is 11.1 Å². The van der Waals surface area contributed by atoms with Gasteiger partial charge in [0.05, 0.1) is 28.1 Å².